The maximum absolute atomic E-state index is 13.0. The lowest BCUT2D eigenvalue weighted by molar-refractivity contribution is -0.129. The van der Waals surface area contributed by atoms with E-state index < -0.39 is 0 Å². The first-order valence-electron chi connectivity index (χ1n) is 10.0. The Bertz CT molecular complexity index is 1110. The van der Waals surface area contributed by atoms with Gasteiger partial charge in [0.05, 0.1) is 16.3 Å². The van der Waals surface area contributed by atoms with E-state index in [1.807, 2.05) is 54.5 Å². The highest BCUT2D eigenvalue weighted by Crippen LogP contribution is 2.29. The Morgan fingerprint density at radius 3 is 2.69 bits per heavy atom. The summed E-state index contributed by atoms with van der Waals surface area (Å²) in [5, 5.41) is 17.2. The first kappa shape index (κ1) is 19.7. The van der Waals surface area contributed by atoms with Crippen LogP contribution in [0, 0.1) is 19.3 Å². The van der Waals surface area contributed by atoms with E-state index in [9.17, 15) is 4.79 Å². The number of rotatable bonds is 5. The molecule has 4 rings (SSSR count). The molecule has 0 spiro atoms. The Morgan fingerprint density at radius 1 is 1.28 bits per heavy atom. The number of nitrogens with zero attached hydrogens (tertiary/aromatic N) is 4. The number of aromatic amines is 1. The Kier molecular flexibility index (Phi) is 5.45. The van der Waals surface area contributed by atoms with Crippen molar-refractivity contribution >= 4 is 28.7 Å². The molecule has 1 aliphatic rings. The largest absolute Gasteiger partial charge is 0.342 e. The van der Waals surface area contributed by atoms with E-state index >= 15 is 0 Å². The topological polar surface area (TPSA) is 90.7 Å². The van der Waals surface area contributed by atoms with Crippen LogP contribution in [-0.4, -0.2) is 48.9 Å². The van der Waals surface area contributed by atoms with Gasteiger partial charge in [-0.05, 0) is 44.7 Å². The summed E-state index contributed by atoms with van der Waals surface area (Å²) >= 11 is 1.44. The van der Waals surface area contributed by atoms with Crippen molar-refractivity contribution in [3.8, 4) is 5.69 Å². The number of fused-ring (bicyclic) bond motifs is 1. The molecule has 0 radical (unpaired) electrons. The van der Waals surface area contributed by atoms with Gasteiger partial charge >= 0.3 is 0 Å². The van der Waals surface area contributed by atoms with E-state index in [2.05, 4.69) is 10.2 Å². The van der Waals surface area contributed by atoms with Crippen LogP contribution in [0.1, 0.15) is 37.4 Å². The Labute approximate surface area is 174 Å². The molecule has 3 aromatic rings. The van der Waals surface area contributed by atoms with E-state index in [1.54, 1.807) is 0 Å². The second kappa shape index (κ2) is 8.02. The van der Waals surface area contributed by atoms with E-state index in [0.717, 1.165) is 42.9 Å². The number of amides is 1. The maximum atomic E-state index is 13.0. The summed E-state index contributed by atoms with van der Waals surface area (Å²) in [7, 11) is 0. The standard InChI is InChI=1S/C21H26N6OS/c1-4-16(20(28)26-11-7-8-12-26)29-21-23-19-17(14(3)24-25-19)18(22)27(21)15-10-6-5-9-13(15)2/h5-6,9-10,16,22H,4,7-8,11-12H2,1-3H3,(H,24,25)/t16-/m1/s1. The number of benzene rings is 1. The van der Waals surface area contributed by atoms with Gasteiger partial charge in [0, 0.05) is 18.8 Å². The van der Waals surface area contributed by atoms with Crippen molar-refractivity contribution in [1.82, 2.24) is 24.6 Å². The minimum Gasteiger partial charge on any atom is -0.342 e. The summed E-state index contributed by atoms with van der Waals surface area (Å²) in [6.07, 6.45) is 2.85. The number of hydrogen-bond acceptors (Lipinski definition) is 5. The number of thioether (sulfide) groups is 1. The monoisotopic (exact) mass is 410 g/mol. The Morgan fingerprint density at radius 2 is 2.00 bits per heavy atom. The number of carbonyl (C=O) groups is 1. The lowest BCUT2D eigenvalue weighted by atomic mass is 10.2. The maximum Gasteiger partial charge on any atom is 0.236 e. The molecule has 29 heavy (non-hydrogen) atoms. The van der Waals surface area contributed by atoms with Gasteiger partial charge in [-0.3, -0.25) is 19.9 Å². The predicted molar refractivity (Wildman–Crippen MR) is 114 cm³/mol. The molecule has 1 aromatic carbocycles. The summed E-state index contributed by atoms with van der Waals surface area (Å²) in [6.45, 7) is 7.62. The lowest BCUT2D eigenvalue weighted by Crippen LogP contribution is -2.36. The van der Waals surface area contributed by atoms with Gasteiger partial charge in [-0.2, -0.15) is 5.10 Å². The number of para-hydroxylation sites is 1. The normalized spacial score (nSPS) is 15.2. The Hall–Kier alpha value is -2.61. The lowest BCUT2D eigenvalue weighted by Gasteiger charge is -2.23. The van der Waals surface area contributed by atoms with Crippen LogP contribution in [0.2, 0.25) is 0 Å². The zero-order valence-electron chi connectivity index (χ0n) is 17.0. The van der Waals surface area contributed by atoms with Gasteiger partial charge in [0.2, 0.25) is 5.91 Å². The van der Waals surface area contributed by atoms with Crippen molar-refractivity contribution in [3.63, 3.8) is 0 Å². The third kappa shape index (κ3) is 3.57. The smallest absolute Gasteiger partial charge is 0.236 e. The number of H-pyrrole nitrogens is 1. The molecule has 0 bridgehead atoms. The third-order valence-electron chi connectivity index (χ3n) is 5.45. The molecule has 7 nitrogen and oxygen atoms in total. The summed E-state index contributed by atoms with van der Waals surface area (Å²) in [5.74, 6) is 0.165. The molecule has 1 saturated heterocycles. The molecule has 1 aliphatic heterocycles. The van der Waals surface area contributed by atoms with Crippen molar-refractivity contribution in [2.24, 2.45) is 0 Å². The third-order valence-corrected chi connectivity index (χ3v) is 6.75. The van der Waals surface area contributed by atoms with Crippen LogP contribution in [0.25, 0.3) is 16.7 Å². The van der Waals surface area contributed by atoms with Crippen LogP contribution in [0.15, 0.2) is 29.4 Å². The molecule has 1 fully saturated rings. The quantitative estimate of drug-likeness (QED) is 0.499. The van der Waals surface area contributed by atoms with Crippen LogP contribution in [-0.2, 0) is 4.79 Å². The molecular weight excluding hydrogens is 384 g/mol. The molecular formula is C21H26N6OS. The number of likely N-dealkylation sites (tertiary alicyclic amines) is 1. The SMILES string of the molecule is CC[C@@H](Sc1nc2n[nH]c(C)c2c(=N)n1-c1ccccc1C)C(=O)N1CCCC1. The molecule has 152 valence electrons. The highest BCUT2D eigenvalue weighted by atomic mass is 32.2. The van der Waals surface area contributed by atoms with E-state index in [0.29, 0.717) is 28.1 Å². The number of aromatic nitrogens is 4. The minimum absolute atomic E-state index is 0.165. The number of carbonyl (C=O) groups excluding carboxylic acids is 1. The van der Waals surface area contributed by atoms with Crippen molar-refractivity contribution < 1.29 is 4.79 Å². The first-order chi connectivity index (χ1) is 14.0. The predicted octanol–water partition coefficient (Wildman–Crippen LogP) is 3.34. The highest BCUT2D eigenvalue weighted by Gasteiger charge is 2.28. The fraction of sp³-hybridized carbons (Fsp3) is 0.429. The summed E-state index contributed by atoms with van der Waals surface area (Å²) in [4.78, 5) is 19.8. The van der Waals surface area contributed by atoms with Crippen molar-refractivity contribution in [2.75, 3.05) is 13.1 Å². The average molecular weight is 411 g/mol. The minimum atomic E-state index is -0.229. The van der Waals surface area contributed by atoms with Gasteiger partial charge < -0.3 is 4.90 Å². The fourth-order valence-electron chi connectivity index (χ4n) is 3.82. The van der Waals surface area contributed by atoms with E-state index in [-0.39, 0.29) is 11.2 Å². The molecule has 0 unspecified atom stereocenters. The molecule has 1 amide bonds. The van der Waals surface area contributed by atoms with Gasteiger partial charge in [-0.1, -0.05) is 36.9 Å². The van der Waals surface area contributed by atoms with E-state index in [1.165, 1.54) is 11.8 Å². The fourth-order valence-corrected chi connectivity index (χ4v) is 4.93. The van der Waals surface area contributed by atoms with Gasteiger partial charge in [0.25, 0.3) is 0 Å². The van der Waals surface area contributed by atoms with Gasteiger partial charge in [-0.25, -0.2) is 4.98 Å². The highest BCUT2D eigenvalue weighted by molar-refractivity contribution is 8.00. The molecule has 2 N–H and O–H groups in total. The van der Waals surface area contributed by atoms with Crippen LogP contribution >= 0.6 is 11.8 Å². The zero-order chi connectivity index (χ0) is 20.5. The van der Waals surface area contributed by atoms with Crippen molar-refractivity contribution in [1.29, 1.82) is 5.41 Å². The van der Waals surface area contributed by atoms with Crippen LogP contribution in [0.5, 0.6) is 0 Å². The molecule has 8 heteroatoms. The number of hydrogen-bond donors (Lipinski definition) is 2. The molecule has 3 heterocycles. The van der Waals surface area contributed by atoms with Crippen molar-refractivity contribution in [3.05, 3.63) is 41.0 Å². The Balaban J connectivity index is 1.84. The summed E-state index contributed by atoms with van der Waals surface area (Å²) < 4.78 is 1.85. The van der Waals surface area contributed by atoms with Gasteiger partial charge in [0.15, 0.2) is 10.8 Å². The van der Waals surface area contributed by atoms with Crippen LogP contribution in [0.3, 0.4) is 0 Å². The van der Waals surface area contributed by atoms with E-state index in [4.69, 9.17) is 10.4 Å². The molecule has 2 aromatic heterocycles. The summed E-state index contributed by atoms with van der Waals surface area (Å²) in [5.41, 5.74) is 3.62. The van der Waals surface area contributed by atoms with Gasteiger partial charge in [0.1, 0.15) is 5.49 Å². The number of nitrogens with one attached hydrogen (secondary N) is 2. The number of aryl methyl sites for hydroxylation is 2. The first-order valence-corrected chi connectivity index (χ1v) is 10.9. The molecule has 0 aliphatic carbocycles. The average Bonchev–Trinajstić information content (AvgIpc) is 3.37. The molecule has 1 atom stereocenters. The van der Waals surface area contributed by atoms with Crippen molar-refractivity contribution in [2.45, 2.75) is 50.4 Å². The second-order valence-corrected chi connectivity index (χ2v) is 8.63. The second-order valence-electron chi connectivity index (χ2n) is 7.46. The zero-order valence-corrected chi connectivity index (χ0v) is 17.8. The summed E-state index contributed by atoms with van der Waals surface area (Å²) in [6, 6.07) is 7.96. The van der Waals surface area contributed by atoms with Crippen LogP contribution in [0.4, 0.5) is 0 Å². The molecule has 0 saturated carbocycles. The van der Waals surface area contributed by atoms with Gasteiger partial charge in [-0.15, -0.1) is 0 Å². The van der Waals surface area contributed by atoms with Crippen LogP contribution < -0.4 is 5.49 Å².